The molecule has 0 aliphatic heterocycles. The topological polar surface area (TPSA) is 76.2 Å². The first-order valence-electron chi connectivity index (χ1n) is 5.88. The minimum atomic E-state index is -4.53. The van der Waals surface area contributed by atoms with Crippen LogP contribution in [-0.4, -0.2) is 16.1 Å². The van der Waals surface area contributed by atoms with Crippen LogP contribution in [0.1, 0.15) is 22.7 Å². The lowest BCUT2D eigenvalue weighted by molar-refractivity contribution is -0.141. The molecule has 1 aromatic heterocycles. The Bertz CT molecular complexity index is 655. The molecule has 3 N–H and O–H groups in total. The van der Waals surface area contributed by atoms with Crippen molar-refractivity contribution in [1.82, 2.24) is 4.98 Å². The highest BCUT2D eigenvalue weighted by atomic mass is 32.1. The lowest BCUT2D eigenvalue weighted by Gasteiger charge is -2.15. The molecular weight excluding hydrogens is 305 g/mol. The van der Waals surface area contributed by atoms with Crippen LogP contribution < -0.4 is 5.73 Å². The summed E-state index contributed by atoms with van der Waals surface area (Å²) in [5, 5.41) is 10.9. The SMILES string of the molecule is Nc1nc(C(Cc2ccccc2C(F)(F)F)C(=O)O)cs1. The molecule has 2 aromatic rings. The highest BCUT2D eigenvalue weighted by Crippen LogP contribution is 2.34. The molecule has 0 aliphatic rings. The Morgan fingerprint density at radius 1 is 1.38 bits per heavy atom. The molecule has 1 atom stereocenters. The summed E-state index contributed by atoms with van der Waals surface area (Å²) >= 11 is 1.05. The van der Waals surface area contributed by atoms with Crippen molar-refractivity contribution in [2.75, 3.05) is 5.73 Å². The summed E-state index contributed by atoms with van der Waals surface area (Å²) in [7, 11) is 0. The Morgan fingerprint density at radius 2 is 2.05 bits per heavy atom. The first-order chi connectivity index (χ1) is 9.79. The van der Waals surface area contributed by atoms with Crippen molar-refractivity contribution >= 4 is 22.4 Å². The van der Waals surface area contributed by atoms with Gasteiger partial charge in [0.1, 0.15) is 5.92 Å². The maximum Gasteiger partial charge on any atom is 0.416 e. The molecule has 0 saturated carbocycles. The molecule has 2 rings (SSSR count). The minimum absolute atomic E-state index is 0.0797. The molecule has 1 unspecified atom stereocenters. The van der Waals surface area contributed by atoms with Gasteiger partial charge in [0.15, 0.2) is 5.13 Å². The molecule has 0 aliphatic carbocycles. The van der Waals surface area contributed by atoms with Gasteiger partial charge in [0, 0.05) is 5.38 Å². The quantitative estimate of drug-likeness (QED) is 0.908. The van der Waals surface area contributed by atoms with E-state index in [9.17, 15) is 23.1 Å². The molecule has 1 aromatic carbocycles. The van der Waals surface area contributed by atoms with Crippen LogP contribution >= 0.6 is 11.3 Å². The predicted octanol–water partition coefficient (Wildman–Crippen LogP) is 3.16. The van der Waals surface area contributed by atoms with Crippen molar-refractivity contribution in [3.8, 4) is 0 Å². The van der Waals surface area contributed by atoms with Crippen LogP contribution in [0.5, 0.6) is 0 Å². The molecular formula is C13H11F3N2O2S. The van der Waals surface area contributed by atoms with E-state index >= 15 is 0 Å². The summed E-state index contributed by atoms with van der Waals surface area (Å²) in [4.78, 5) is 15.2. The van der Waals surface area contributed by atoms with E-state index in [-0.39, 0.29) is 22.8 Å². The minimum Gasteiger partial charge on any atom is -0.481 e. The van der Waals surface area contributed by atoms with E-state index in [1.807, 2.05) is 0 Å². The molecule has 0 amide bonds. The molecule has 8 heteroatoms. The van der Waals surface area contributed by atoms with E-state index in [1.54, 1.807) is 0 Å². The zero-order chi connectivity index (χ0) is 15.6. The molecule has 1 heterocycles. The van der Waals surface area contributed by atoms with Gasteiger partial charge in [-0.05, 0) is 18.1 Å². The molecule has 0 spiro atoms. The van der Waals surface area contributed by atoms with Crippen LogP contribution in [0.25, 0.3) is 0 Å². The summed E-state index contributed by atoms with van der Waals surface area (Å²) in [5.41, 5.74) is 4.70. The van der Waals surface area contributed by atoms with Crippen molar-refractivity contribution in [1.29, 1.82) is 0 Å². The second-order valence-corrected chi connectivity index (χ2v) is 5.25. The number of benzene rings is 1. The van der Waals surface area contributed by atoms with E-state index in [0.29, 0.717) is 0 Å². The lowest BCUT2D eigenvalue weighted by Crippen LogP contribution is -2.18. The zero-order valence-electron chi connectivity index (χ0n) is 10.6. The van der Waals surface area contributed by atoms with E-state index in [4.69, 9.17) is 5.73 Å². The second-order valence-electron chi connectivity index (χ2n) is 4.36. The number of halogens is 3. The van der Waals surface area contributed by atoms with Crippen molar-refractivity contribution < 1.29 is 23.1 Å². The van der Waals surface area contributed by atoms with Gasteiger partial charge in [0.05, 0.1) is 11.3 Å². The smallest absolute Gasteiger partial charge is 0.416 e. The van der Waals surface area contributed by atoms with E-state index in [1.165, 1.54) is 23.6 Å². The van der Waals surface area contributed by atoms with Crippen LogP contribution in [0, 0.1) is 0 Å². The van der Waals surface area contributed by atoms with Gasteiger partial charge in [-0.25, -0.2) is 4.98 Å². The van der Waals surface area contributed by atoms with Gasteiger partial charge in [0.25, 0.3) is 0 Å². The van der Waals surface area contributed by atoms with Gasteiger partial charge in [-0.15, -0.1) is 11.3 Å². The van der Waals surface area contributed by atoms with Crippen molar-refractivity contribution in [2.45, 2.75) is 18.5 Å². The van der Waals surface area contributed by atoms with Crippen molar-refractivity contribution in [3.63, 3.8) is 0 Å². The van der Waals surface area contributed by atoms with Crippen LogP contribution in [0.4, 0.5) is 18.3 Å². The summed E-state index contributed by atoms with van der Waals surface area (Å²) in [6.45, 7) is 0. The van der Waals surface area contributed by atoms with E-state index < -0.39 is 23.6 Å². The Labute approximate surface area is 122 Å². The number of carboxylic acids is 1. The number of anilines is 1. The van der Waals surface area contributed by atoms with Crippen LogP contribution in [0.15, 0.2) is 29.6 Å². The third kappa shape index (κ3) is 3.52. The Balaban J connectivity index is 2.37. The Hall–Kier alpha value is -2.09. The normalized spacial score (nSPS) is 13.1. The number of rotatable bonds is 4. The van der Waals surface area contributed by atoms with E-state index in [0.717, 1.165) is 17.4 Å². The number of alkyl halides is 3. The number of thiazole rings is 1. The van der Waals surface area contributed by atoms with Crippen LogP contribution in [0.2, 0.25) is 0 Å². The summed E-state index contributed by atoms with van der Waals surface area (Å²) < 4.78 is 38.8. The number of nitrogens with zero attached hydrogens (tertiary/aromatic N) is 1. The Kier molecular flexibility index (Phi) is 4.17. The number of aromatic nitrogens is 1. The fourth-order valence-corrected chi connectivity index (χ4v) is 2.59. The van der Waals surface area contributed by atoms with Crippen LogP contribution in [-0.2, 0) is 17.4 Å². The van der Waals surface area contributed by atoms with Gasteiger partial charge >= 0.3 is 12.1 Å². The third-order valence-corrected chi connectivity index (χ3v) is 3.63. The molecule has 21 heavy (non-hydrogen) atoms. The first kappa shape index (κ1) is 15.3. The number of aliphatic carboxylic acids is 1. The number of nitrogens with two attached hydrogens (primary N) is 1. The Morgan fingerprint density at radius 3 is 2.57 bits per heavy atom. The fourth-order valence-electron chi connectivity index (χ4n) is 1.97. The average molecular weight is 316 g/mol. The number of hydrogen-bond donors (Lipinski definition) is 2. The molecule has 0 bridgehead atoms. The standard InChI is InChI=1S/C13H11F3N2O2S/c14-13(15,16)9-4-2-1-3-7(9)5-8(11(19)20)10-6-21-12(17)18-10/h1-4,6,8H,5H2,(H2,17,18)(H,19,20). The van der Waals surface area contributed by atoms with Gasteiger partial charge in [0.2, 0.25) is 0 Å². The second kappa shape index (κ2) is 5.72. The molecule has 4 nitrogen and oxygen atoms in total. The molecule has 112 valence electrons. The number of nitrogen functional groups attached to an aromatic ring is 1. The number of carbonyl (C=O) groups is 1. The molecule has 0 fully saturated rings. The summed E-state index contributed by atoms with van der Waals surface area (Å²) in [6.07, 6.45) is -4.82. The summed E-state index contributed by atoms with van der Waals surface area (Å²) in [6, 6.07) is 4.92. The predicted molar refractivity (Wildman–Crippen MR) is 72.1 cm³/mol. The van der Waals surface area contributed by atoms with Crippen molar-refractivity contribution in [2.24, 2.45) is 0 Å². The first-order valence-corrected chi connectivity index (χ1v) is 6.76. The van der Waals surface area contributed by atoms with Gasteiger partial charge in [-0.3, -0.25) is 4.79 Å². The fraction of sp³-hybridized carbons (Fsp3) is 0.231. The van der Waals surface area contributed by atoms with Crippen molar-refractivity contribution in [3.05, 3.63) is 46.5 Å². The maximum absolute atomic E-state index is 12.9. The summed E-state index contributed by atoms with van der Waals surface area (Å²) in [5.74, 6) is -2.40. The van der Waals surface area contributed by atoms with Gasteiger partial charge in [-0.1, -0.05) is 18.2 Å². The monoisotopic (exact) mass is 316 g/mol. The highest BCUT2D eigenvalue weighted by Gasteiger charge is 2.34. The number of hydrogen-bond acceptors (Lipinski definition) is 4. The number of carboxylic acid groups (broad SMARTS) is 1. The maximum atomic E-state index is 12.9. The average Bonchev–Trinajstić information content (AvgIpc) is 2.81. The van der Waals surface area contributed by atoms with Crippen LogP contribution in [0.3, 0.4) is 0 Å². The lowest BCUT2D eigenvalue weighted by atomic mass is 9.93. The van der Waals surface area contributed by atoms with E-state index in [2.05, 4.69) is 4.98 Å². The third-order valence-electron chi connectivity index (χ3n) is 2.94. The largest absolute Gasteiger partial charge is 0.481 e. The van der Waals surface area contributed by atoms with Gasteiger partial charge in [-0.2, -0.15) is 13.2 Å². The molecule has 0 saturated heterocycles. The van der Waals surface area contributed by atoms with Gasteiger partial charge < -0.3 is 10.8 Å². The highest BCUT2D eigenvalue weighted by molar-refractivity contribution is 7.13. The molecule has 0 radical (unpaired) electrons. The zero-order valence-corrected chi connectivity index (χ0v) is 11.4.